The number of ether oxygens (including phenoxy) is 2. The second kappa shape index (κ2) is 11.6. The van der Waals surface area contributed by atoms with Crippen molar-refractivity contribution in [3.05, 3.63) is 58.9 Å². The number of anilines is 2. The second-order valence-corrected chi connectivity index (χ2v) is 13.3. The van der Waals surface area contributed by atoms with E-state index in [9.17, 15) is 13.2 Å². The van der Waals surface area contributed by atoms with Gasteiger partial charge in [-0.05, 0) is 75.6 Å². The van der Waals surface area contributed by atoms with Gasteiger partial charge in [-0.3, -0.25) is 0 Å². The normalized spacial score (nSPS) is 15.7. The number of carbonyl (C=O) groups excluding carboxylic acids is 1. The molecular weight excluding hydrogens is 562 g/mol. The van der Waals surface area contributed by atoms with Crippen LogP contribution in [0.1, 0.15) is 38.3 Å². The summed E-state index contributed by atoms with van der Waals surface area (Å²) in [6.45, 7) is 8.46. The third-order valence-electron chi connectivity index (χ3n) is 6.15. The predicted molar refractivity (Wildman–Crippen MR) is 152 cm³/mol. The Bertz CT molecular complexity index is 1430. The number of benzene rings is 2. The molecule has 1 atom stereocenters. The van der Waals surface area contributed by atoms with Crippen LogP contribution in [0.4, 0.5) is 15.6 Å². The summed E-state index contributed by atoms with van der Waals surface area (Å²) < 4.78 is 43.6. The van der Waals surface area contributed by atoms with Crippen LogP contribution >= 0.6 is 23.1 Å². The van der Waals surface area contributed by atoms with Crippen molar-refractivity contribution in [2.75, 3.05) is 29.8 Å². The highest BCUT2D eigenvalue weighted by molar-refractivity contribution is 7.93. The fourth-order valence-electron chi connectivity index (χ4n) is 4.15. The number of rotatable bonds is 8. The van der Waals surface area contributed by atoms with Crippen molar-refractivity contribution >= 4 is 50.1 Å². The number of hydrogen-bond donors (Lipinski definition) is 1. The topological polar surface area (TPSA) is 114 Å². The van der Waals surface area contributed by atoms with Crippen molar-refractivity contribution in [3.8, 4) is 5.75 Å². The number of hydrogen-bond acceptors (Lipinski definition) is 9. The molecule has 3 aromatic rings. The third kappa shape index (κ3) is 6.92. The molecule has 39 heavy (non-hydrogen) atoms. The van der Waals surface area contributed by atoms with E-state index in [-0.39, 0.29) is 33.7 Å². The van der Waals surface area contributed by atoms with Crippen LogP contribution in [-0.4, -0.2) is 60.6 Å². The van der Waals surface area contributed by atoms with E-state index in [2.05, 4.69) is 14.7 Å². The van der Waals surface area contributed by atoms with Gasteiger partial charge in [0, 0.05) is 30.7 Å². The van der Waals surface area contributed by atoms with E-state index < -0.39 is 15.6 Å². The first-order chi connectivity index (χ1) is 18.4. The van der Waals surface area contributed by atoms with Gasteiger partial charge in [0.15, 0.2) is 0 Å². The molecule has 0 bridgehead atoms. The van der Waals surface area contributed by atoms with Crippen molar-refractivity contribution in [1.82, 2.24) is 14.3 Å². The lowest BCUT2D eigenvalue weighted by molar-refractivity contribution is 0.0293. The number of carbonyl (C=O) groups is 1. The van der Waals surface area contributed by atoms with Gasteiger partial charge in [0.25, 0.3) is 10.0 Å². The van der Waals surface area contributed by atoms with Gasteiger partial charge in [0.2, 0.25) is 5.13 Å². The van der Waals surface area contributed by atoms with Crippen LogP contribution in [0.15, 0.2) is 47.6 Å². The summed E-state index contributed by atoms with van der Waals surface area (Å²) in [4.78, 5) is 18.2. The van der Waals surface area contributed by atoms with Crippen LogP contribution in [0, 0.1) is 6.92 Å². The average molecular weight is 594 g/mol. The molecule has 1 amide bonds. The molecule has 13 heteroatoms. The molecule has 10 nitrogen and oxygen atoms in total. The highest BCUT2D eigenvalue weighted by Crippen LogP contribution is 2.32. The molecule has 4 rings (SSSR count). The lowest BCUT2D eigenvalue weighted by atomic mass is 10.1. The summed E-state index contributed by atoms with van der Waals surface area (Å²) in [5.74, 6) is 0.688. The number of sulfonamides is 1. The Hall–Kier alpha value is -3.09. The van der Waals surface area contributed by atoms with Gasteiger partial charge in [-0.1, -0.05) is 17.7 Å². The van der Waals surface area contributed by atoms with Gasteiger partial charge in [0.05, 0.1) is 29.3 Å². The van der Waals surface area contributed by atoms with Crippen molar-refractivity contribution in [1.29, 1.82) is 0 Å². The molecule has 1 saturated heterocycles. The lowest BCUT2D eigenvalue weighted by Crippen LogP contribution is -2.36. The molecule has 1 aromatic heterocycles. The van der Waals surface area contributed by atoms with E-state index in [0.29, 0.717) is 30.9 Å². The maximum atomic E-state index is 13.8. The summed E-state index contributed by atoms with van der Waals surface area (Å²) in [5.41, 5.74) is 1.70. The first-order valence-corrected chi connectivity index (χ1v) is 14.9. The molecule has 1 fully saturated rings. The number of likely N-dealkylation sites (tertiary alicyclic amines) is 1. The molecule has 2 aromatic carbocycles. The number of nitrogens with zero attached hydrogens (tertiary/aromatic N) is 4. The first-order valence-electron chi connectivity index (χ1n) is 12.3. The number of aromatic nitrogens is 2. The van der Waals surface area contributed by atoms with Crippen molar-refractivity contribution in [2.45, 2.75) is 57.2 Å². The summed E-state index contributed by atoms with van der Waals surface area (Å²) in [5, 5.41) is 3.83. The van der Waals surface area contributed by atoms with Gasteiger partial charge < -0.3 is 19.7 Å². The molecule has 1 aliphatic rings. The van der Waals surface area contributed by atoms with Gasteiger partial charge in [-0.15, -0.1) is 0 Å². The van der Waals surface area contributed by atoms with Crippen LogP contribution in [0.5, 0.6) is 5.75 Å². The summed E-state index contributed by atoms with van der Waals surface area (Å²) in [6.07, 6.45) is 1.68. The fourth-order valence-corrected chi connectivity index (χ4v) is 6.61. The van der Waals surface area contributed by atoms with Crippen LogP contribution in [0.3, 0.4) is 0 Å². The molecule has 0 radical (unpaired) electrons. The monoisotopic (exact) mass is 593 g/mol. The Balaban J connectivity index is 1.52. The number of nitrogens with one attached hydrogen (secondary N) is 1. The largest absolute Gasteiger partial charge is 0.497 e. The SMILES string of the molecule is COc1ccc(CN(c2ncns2)S(=O)(=O)c2ccc(N[C@H]3CCN(C(=O)OC(C)(C)C)C3)c(Cl)c2)c(C)c1. The molecule has 0 unspecified atom stereocenters. The number of halogens is 1. The minimum absolute atomic E-state index is 0.0289. The zero-order valence-electron chi connectivity index (χ0n) is 22.5. The summed E-state index contributed by atoms with van der Waals surface area (Å²) in [7, 11) is -2.45. The Morgan fingerprint density at radius 1 is 1.26 bits per heavy atom. The molecular formula is C26H32ClN5O5S2. The van der Waals surface area contributed by atoms with E-state index >= 15 is 0 Å². The maximum Gasteiger partial charge on any atom is 0.410 e. The molecule has 210 valence electrons. The van der Waals surface area contributed by atoms with Gasteiger partial charge >= 0.3 is 6.09 Å². The minimum Gasteiger partial charge on any atom is -0.497 e. The lowest BCUT2D eigenvalue weighted by Gasteiger charge is -2.25. The van der Waals surface area contributed by atoms with E-state index in [1.54, 1.807) is 24.1 Å². The Kier molecular flexibility index (Phi) is 8.57. The highest BCUT2D eigenvalue weighted by Gasteiger charge is 2.31. The molecule has 1 aliphatic heterocycles. The van der Waals surface area contributed by atoms with Crippen LogP contribution < -0.4 is 14.4 Å². The van der Waals surface area contributed by atoms with Gasteiger partial charge in [0.1, 0.15) is 17.7 Å². The molecule has 0 saturated carbocycles. The standard InChI is InChI=1S/C26H32ClN5O5S2/c1-17-12-20(36-5)7-6-18(17)14-32(24-28-16-29-38-24)39(34,35)21-8-9-23(22(27)13-21)30-19-10-11-31(15-19)25(33)37-26(2,3)4/h6-9,12-13,16,19,30H,10-11,14-15H2,1-5H3/t19-/m0/s1. The zero-order chi connectivity index (χ0) is 28.4. The van der Waals surface area contributed by atoms with Gasteiger partial charge in [-0.25, -0.2) is 22.5 Å². The Morgan fingerprint density at radius 3 is 2.64 bits per heavy atom. The van der Waals surface area contributed by atoms with Gasteiger partial charge in [-0.2, -0.15) is 4.37 Å². The van der Waals surface area contributed by atoms with Crippen LogP contribution in [-0.2, 0) is 21.3 Å². The minimum atomic E-state index is -4.03. The van der Waals surface area contributed by atoms with E-state index in [1.165, 1.54) is 22.8 Å². The van der Waals surface area contributed by atoms with Crippen LogP contribution in [0.25, 0.3) is 0 Å². The number of methoxy groups -OCH3 is 1. The molecule has 2 heterocycles. The van der Waals surface area contributed by atoms with E-state index in [0.717, 1.165) is 22.7 Å². The predicted octanol–water partition coefficient (Wildman–Crippen LogP) is 5.33. The van der Waals surface area contributed by atoms with E-state index in [1.807, 2.05) is 39.8 Å². The van der Waals surface area contributed by atoms with E-state index in [4.69, 9.17) is 21.1 Å². The zero-order valence-corrected chi connectivity index (χ0v) is 24.9. The average Bonchev–Trinajstić information content (AvgIpc) is 3.56. The number of aryl methyl sites for hydroxylation is 1. The molecule has 0 aliphatic carbocycles. The number of amides is 1. The quantitative estimate of drug-likeness (QED) is 0.373. The van der Waals surface area contributed by atoms with Crippen LogP contribution in [0.2, 0.25) is 5.02 Å². The van der Waals surface area contributed by atoms with Crippen molar-refractivity contribution < 1.29 is 22.7 Å². The van der Waals surface area contributed by atoms with Crippen molar-refractivity contribution in [3.63, 3.8) is 0 Å². The third-order valence-corrected chi connectivity index (χ3v) is 9.00. The second-order valence-electron chi connectivity index (χ2n) is 10.2. The Morgan fingerprint density at radius 2 is 2.03 bits per heavy atom. The summed E-state index contributed by atoms with van der Waals surface area (Å²) >= 11 is 7.55. The smallest absolute Gasteiger partial charge is 0.410 e. The molecule has 1 N–H and O–H groups in total. The Labute approximate surface area is 238 Å². The van der Waals surface area contributed by atoms with Crippen molar-refractivity contribution in [2.24, 2.45) is 0 Å². The maximum absolute atomic E-state index is 13.8. The fraction of sp³-hybridized carbons (Fsp3) is 0.423. The first kappa shape index (κ1) is 28.9. The summed E-state index contributed by atoms with van der Waals surface area (Å²) in [6, 6.07) is 10.0. The molecule has 0 spiro atoms. The highest BCUT2D eigenvalue weighted by atomic mass is 35.5.